The number of fused-ring (bicyclic) bond motifs is 1. The summed E-state index contributed by atoms with van der Waals surface area (Å²) in [5.74, 6) is 0. The Balaban J connectivity index is 1.86. The predicted molar refractivity (Wildman–Crippen MR) is 81.0 cm³/mol. The molecule has 0 aliphatic carbocycles. The fourth-order valence-electron chi connectivity index (χ4n) is 2.09. The van der Waals surface area contributed by atoms with Crippen LogP contribution in [0.1, 0.15) is 18.5 Å². The van der Waals surface area contributed by atoms with Gasteiger partial charge < -0.3 is 10.2 Å². The second-order valence-electron chi connectivity index (χ2n) is 5.20. The lowest BCUT2D eigenvalue weighted by Gasteiger charge is -2.09. The van der Waals surface area contributed by atoms with Crippen molar-refractivity contribution in [3.63, 3.8) is 0 Å². The van der Waals surface area contributed by atoms with E-state index in [-0.39, 0.29) is 5.56 Å². The van der Waals surface area contributed by atoms with Gasteiger partial charge in [0.25, 0.3) is 5.56 Å². The van der Waals surface area contributed by atoms with Gasteiger partial charge in [-0.05, 0) is 52.2 Å². The van der Waals surface area contributed by atoms with E-state index in [0.29, 0.717) is 12.2 Å². The fourth-order valence-corrected chi connectivity index (χ4v) is 2.09. The Bertz CT molecular complexity index is 606. The predicted octanol–water partition coefficient (Wildman–Crippen LogP) is 1.13. The Morgan fingerprint density at radius 1 is 1.30 bits per heavy atom. The first-order valence-corrected chi connectivity index (χ1v) is 6.99. The van der Waals surface area contributed by atoms with E-state index in [0.717, 1.165) is 25.2 Å². The lowest BCUT2D eigenvalue weighted by atomic mass is 10.3. The van der Waals surface area contributed by atoms with Gasteiger partial charge in [-0.25, -0.2) is 4.98 Å². The summed E-state index contributed by atoms with van der Waals surface area (Å²) in [7, 11) is 4.17. The van der Waals surface area contributed by atoms with Crippen molar-refractivity contribution in [2.24, 2.45) is 0 Å². The number of aromatic nitrogens is 2. The fraction of sp³-hybridized carbons (Fsp3) is 0.467. The Morgan fingerprint density at radius 2 is 2.15 bits per heavy atom. The van der Waals surface area contributed by atoms with Gasteiger partial charge in [-0.1, -0.05) is 6.07 Å². The van der Waals surface area contributed by atoms with Crippen LogP contribution in [0.25, 0.3) is 5.65 Å². The summed E-state index contributed by atoms with van der Waals surface area (Å²) in [6, 6.07) is 7.17. The van der Waals surface area contributed by atoms with Gasteiger partial charge in [-0.3, -0.25) is 9.20 Å². The molecule has 20 heavy (non-hydrogen) atoms. The largest absolute Gasteiger partial charge is 0.311 e. The maximum atomic E-state index is 11.9. The quantitative estimate of drug-likeness (QED) is 0.769. The second-order valence-corrected chi connectivity index (χ2v) is 5.20. The molecule has 0 fully saturated rings. The molecule has 2 aromatic heterocycles. The average Bonchev–Trinajstić information content (AvgIpc) is 2.42. The molecule has 0 saturated carbocycles. The van der Waals surface area contributed by atoms with Crippen LogP contribution in [-0.2, 0) is 6.54 Å². The minimum atomic E-state index is -0.0278. The number of nitrogens with zero attached hydrogens (tertiary/aromatic N) is 3. The van der Waals surface area contributed by atoms with Gasteiger partial charge in [-0.2, -0.15) is 0 Å². The second kappa shape index (κ2) is 7.17. The van der Waals surface area contributed by atoms with Gasteiger partial charge in [-0.15, -0.1) is 0 Å². The van der Waals surface area contributed by atoms with Crippen molar-refractivity contribution in [3.8, 4) is 0 Å². The molecule has 2 aromatic rings. The van der Waals surface area contributed by atoms with Crippen molar-refractivity contribution in [3.05, 3.63) is 46.5 Å². The van der Waals surface area contributed by atoms with Crippen LogP contribution in [0.4, 0.5) is 0 Å². The van der Waals surface area contributed by atoms with Gasteiger partial charge in [0.2, 0.25) is 0 Å². The molecule has 5 nitrogen and oxygen atoms in total. The van der Waals surface area contributed by atoms with Crippen LogP contribution in [-0.4, -0.2) is 41.5 Å². The van der Waals surface area contributed by atoms with Crippen LogP contribution >= 0.6 is 0 Å². The van der Waals surface area contributed by atoms with Gasteiger partial charge in [0.05, 0.1) is 5.69 Å². The van der Waals surface area contributed by atoms with E-state index >= 15 is 0 Å². The van der Waals surface area contributed by atoms with Crippen molar-refractivity contribution in [2.75, 3.05) is 27.2 Å². The maximum absolute atomic E-state index is 11.9. The Kier molecular flexibility index (Phi) is 5.26. The van der Waals surface area contributed by atoms with Gasteiger partial charge >= 0.3 is 0 Å². The smallest absolute Gasteiger partial charge is 0.258 e. The number of pyridine rings is 1. The number of hydrogen-bond acceptors (Lipinski definition) is 4. The number of rotatable bonds is 7. The van der Waals surface area contributed by atoms with Gasteiger partial charge in [0, 0.05) is 18.8 Å². The third kappa shape index (κ3) is 4.15. The first kappa shape index (κ1) is 14.7. The molecule has 5 heteroatoms. The highest BCUT2D eigenvalue weighted by atomic mass is 16.1. The maximum Gasteiger partial charge on any atom is 0.258 e. The minimum absolute atomic E-state index is 0.0278. The molecular weight excluding hydrogens is 252 g/mol. The SMILES string of the molecule is CN(C)CCCCNCc1cc(=O)n2ccccc2n1. The molecular formula is C15H22N4O. The monoisotopic (exact) mass is 274 g/mol. The highest BCUT2D eigenvalue weighted by Crippen LogP contribution is 1.98. The Hall–Kier alpha value is -1.72. The van der Waals surface area contributed by atoms with E-state index in [1.54, 1.807) is 16.7 Å². The molecule has 2 heterocycles. The zero-order chi connectivity index (χ0) is 14.4. The summed E-state index contributed by atoms with van der Waals surface area (Å²) >= 11 is 0. The third-order valence-electron chi connectivity index (χ3n) is 3.14. The first-order valence-electron chi connectivity index (χ1n) is 6.99. The zero-order valence-corrected chi connectivity index (χ0v) is 12.2. The number of unbranched alkanes of at least 4 members (excludes halogenated alkanes) is 1. The molecule has 0 radical (unpaired) electrons. The van der Waals surface area contributed by atoms with E-state index < -0.39 is 0 Å². The Labute approximate surface area is 119 Å². The van der Waals surface area contributed by atoms with Crippen LogP contribution < -0.4 is 10.9 Å². The molecule has 1 N–H and O–H groups in total. The van der Waals surface area contributed by atoms with Crippen molar-refractivity contribution < 1.29 is 0 Å². The highest BCUT2D eigenvalue weighted by molar-refractivity contribution is 5.37. The topological polar surface area (TPSA) is 49.6 Å². The van der Waals surface area contributed by atoms with Crippen molar-refractivity contribution in [2.45, 2.75) is 19.4 Å². The Morgan fingerprint density at radius 3 is 2.95 bits per heavy atom. The van der Waals surface area contributed by atoms with Crippen LogP contribution in [0, 0.1) is 0 Å². The number of nitrogens with one attached hydrogen (secondary N) is 1. The van der Waals surface area contributed by atoms with E-state index in [1.807, 2.05) is 18.2 Å². The molecule has 0 atom stereocenters. The molecule has 0 aliphatic rings. The van der Waals surface area contributed by atoms with Crippen molar-refractivity contribution >= 4 is 5.65 Å². The molecule has 0 aromatic carbocycles. The first-order chi connectivity index (χ1) is 9.66. The molecule has 0 aliphatic heterocycles. The summed E-state index contributed by atoms with van der Waals surface area (Å²) in [6.07, 6.45) is 4.04. The van der Waals surface area contributed by atoms with Crippen molar-refractivity contribution in [1.29, 1.82) is 0 Å². The van der Waals surface area contributed by atoms with E-state index in [4.69, 9.17) is 0 Å². The zero-order valence-electron chi connectivity index (χ0n) is 12.2. The van der Waals surface area contributed by atoms with E-state index in [1.165, 1.54) is 6.42 Å². The minimum Gasteiger partial charge on any atom is -0.311 e. The molecule has 0 bridgehead atoms. The molecule has 0 saturated heterocycles. The molecule has 108 valence electrons. The molecule has 2 rings (SSSR count). The molecule has 0 spiro atoms. The normalized spacial score (nSPS) is 11.3. The van der Waals surface area contributed by atoms with Crippen LogP contribution in [0.3, 0.4) is 0 Å². The lowest BCUT2D eigenvalue weighted by Crippen LogP contribution is -2.21. The molecule has 0 amide bonds. The highest BCUT2D eigenvalue weighted by Gasteiger charge is 2.01. The average molecular weight is 274 g/mol. The van der Waals surface area contributed by atoms with Crippen LogP contribution in [0.15, 0.2) is 35.3 Å². The van der Waals surface area contributed by atoms with E-state index in [2.05, 4.69) is 29.3 Å². The van der Waals surface area contributed by atoms with Crippen LogP contribution in [0.2, 0.25) is 0 Å². The summed E-state index contributed by atoms with van der Waals surface area (Å²) in [5.41, 5.74) is 1.47. The lowest BCUT2D eigenvalue weighted by molar-refractivity contribution is 0.391. The summed E-state index contributed by atoms with van der Waals surface area (Å²) < 4.78 is 1.56. The standard InChI is InChI=1S/C15H22N4O/c1-18(2)9-6-4-8-16-12-13-11-15(20)19-10-5-3-7-14(19)17-13/h3,5,7,10-11,16H,4,6,8-9,12H2,1-2H3. The summed E-state index contributed by atoms with van der Waals surface area (Å²) in [5, 5.41) is 3.34. The third-order valence-corrected chi connectivity index (χ3v) is 3.14. The van der Waals surface area contributed by atoms with Gasteiger partial charge in [0.15, 0.2) is 0 Å². The van der Waals surface area contributed by atoms with Crippen molar-refractivity contribution in [1.82, 2.24) is 19.6 Å². The van der Waals surface area contributed by atoms with Crippen LogP contribution in [0.5, 0.6) is 0 Å². The summed E-state index contributed by atoms with van der Waals surface area (Å²) in [4.78, 5) is 18.6. The number of hydrogen-bond donors (Lipinski definition) is 1. The van der Waals surface area contributed by atoms with E-state index in [9.17, 15) is 4.79 Å². The van der Waals surface area contributed by atoms with Gasteiger partial charge in [0.1, 0.15) is 5.65 Å². The molecule has 0 unspecified atom stereocenters. The summed E-state index contributed by atoms with van der Waals surface area (Å²) in [6.45, 7) is 2.70.